The molecule has 0 aliphatic heterocycles. The van der Waals surface area contributed by atoms with Gasteiger partial charge in [-0.2, -0.15) is 0 Å². The van der Waals surface area contributed by atoms with Gasteiger partial charge in [-0.05, 0) is 62.0 Å². The SMILES string of the molecule is CO[Si](CCC(C)SSSSSSSC(C)CC[Si](OC)(OC)OC)(OC)OC. The van der Waals surface area contributed by atoms with Gasteiger partial charge < -0.3 is 26.6 Å². The van der Waals surface area contributed by atoms with Crippen LogP contribution in [0.25, 0.3) is 0 Å². The van der Waals surface area contributed by atoms with Crippen LogP contribution in [-0.2, 0) is 26.6 Å². The topological polar surface area (TPSA) is 55.4 Å². The molecule has 0 aromatic heterocycles. The van der Waals surface area contributed by atoms with E-state index in [1.807, 2.05) is 41.2 Å². The van der Waals surface area contributed by atoms with Crippen LogP contribution in [0, 0.1) is 0 Å². The Morgan fingerprint density at radius 3 is 1.07 bits per heavy atom. The minimum Gasteiger partial charge on any atom is -0.377 e. The molecule has 0 heterocycles. The van der Waals surface area contributed by atoms with E-state index in [1.54, 1.807) is 72.1 Å². The molecule has 0 aliphatic rings. The van der Waals surface area contributed by atoms with Crippen LogP contribution in [0.4, 0.5) is 0 Å². The van der Waals surface area contributed by atoms with Crippen molar-refractivity contribution in [2.24, 2.45) is 0 Å². The van der Waals surface area contributed by atoms with Crippen LogP contribution in [0.15, 0.2) is 0 Å². The summed E-state index contributed by atoms with van der Waals surface area (Å²) in [7, 11) is 17.9. The number of rotatable bonds is 20. The second-order valence-corrected chi connectivity index (χ2v) is 24.0. The number of hydrogen-bond donors (Lipinski definition) is 0. The van der Waals surface area contributed by atoms with Crippen molar-refractivity contribution in [2.75, 3.05) is 42.7 Å². The molecule has 0 saturated carbocycles. The monoisotopic (exact) mass is 578 g/mol. The Morgan fingerprint density at radius 2 is 0.793 bits per heavy atom. The quantitative estimate of drug-likeness (QED) is 0.0853. The van der Waals surface area contributed by atoms with Crippen molar-refractivity contribution >= 4 is 88.3 Å². The Morgan fingerprint density at radius 1 is 0.517 bits per heavy atom. The fourth-order valence-electron chi connectivity index (χ4n) is 2.17. The molecule has 0 fully saturated rings. The van der Waals surface area contributed by atoms with E-state index in [9.17, 15) is 0 Å². The molecule has 0 bridgehead atoms. The summed E-state index contributed by atoms with van der Waals surface area (Å²) in [6, 6.07) is 1.67. The summed E-state index contributed by atoms with van der Waals surface area (Å²) in [5.41, 5.74) is 0. The van der Waals surface area contributed by atoms with Gasteiger partial charge in [-0.15, -0.1) is 0 Å². The molecule has 29 heavy (non-hydrogen) atoms. The van der Waals surface area contributed by atoms with Gasteiger partial charge in [0.1, 0.15) is 0 Å². The van der Waals surface area contributed by atoms with Crippen LogP contribution < -0.4 is 0 Å². The average molecular weight is 579 g/mol. The highest BCUT2D eigenvalue weighted by molar-refractivity contribution is 9.46. The van der Waals surface area contributed by atoms with Crippen molar-refractivity contribution in [3.05, 3.63) is 0 Å². The van der Waals surface area contributed by atoms with Crippen molar-refractivity contribution in [1.82, 2.24) is 0 Å². The maximum atomic E-state index is 5.47. The third kappa shape index (κ3) is 13.8. The van der Waals surface area contributed by atoms with E-state index >= 15 is 0 Å². The third-order valence-corrected chi connectivity index (χ3v) is 23.7. The van der Waals surface area contributed by atoms with Crippen molar-refractivity contribution in [2.45, 2.75) is 49.3 Å². The lowest BCUT2D eigenvalue weighted by Gasteiger charge is -2.25. The van der Waals surface area contributed by atoms with Crippen LogP contribution >= 0.6 is 70.7 Å². The highest BCUT2D eigenvalue weighted by atomic mass is 33.9. The van der Waals surface area contributed by atoms with Crippen LogP contribution in [0.5, 0.6) is 0 Å². The van der Waals surface area contributed by atoms with Crippen LogP contribution in [-0.4, -0.2) is 70.8 Å². The molecule has 0 spiro atoms. The molecule has 0 rings (SSSR count). The minimum absolute atomic E-state index is 0.513. The summed E-state index contributed by atoms with van der Waals surface area (Å²) in [5, 5.41) is 1.03. The zero-order valence-corrected chi connectivity index (χ0v) is 26.0. The van der Waals surface area contributed by atoms with Crippen molar-refractivity contribution in [3.8, 4) is 0 Å². The molecular weight excluding hydrogens is 545 g/mol. The second-order valence-electron chi connectivity index (χ2n) is 5.82. The lowest BCUT2D eigenvalue weighted by Crippen LogP contribution is -2.43. The Hall–Kier alpha value is 2.64. The molecule has 0 aliphatic carbocycles. The molecule has 2 atom stereocenters. The fraction of sp³-hybridized carbons (Fsp3) is 1.00. The normalized spacial score (nSPS) is 14.9. The van der Waals surface area contributed by atoms with Crippen LogP contribution in [0.2, 0.25) is 12.1 Å². The van der Waals surface area contributed by atoms with E-state index in [2.05, 4.69) is 13.8 Å². The predicted molar refractivity (Wildman–Crippen MR) is 144 cm³/mol. The molecule has 0 amide bonds. The molecular formula is C14H34O6S7Si2. The van der Waals surface area contributed by atoms with Gasteiger partial charge in [0.2, 0.25) is 0 Å². The van der Waals surface area contributed by atoms with E-state index in [-0.39, 0.29) is 0 Å². The van der Waals surface area contributed by atoms with Gasteiger partial charge in [-0.3, -0.25) is 0 Å². The molecule has 176 valence electrons. The Bertz CT molecular complexity index is 347. The summed E-state index contributed by atoms with van der Waals surface area (Å²) in [6.45, 7) is 4.46. The standard InChI is InChI=1S/C14H34O6S7Si2/c1-13(9-11-28(15-3,16-4)17-5)21-23-25-27-26-24-22-14(2)10-12-29(18-6,19-7)20-8/h13-14H,9-12H2,1-8H3. The lowest BCUT2D eigenvalue weighted by molar-refractivity contribution is 0.122. The van der Waals surface area contributed by atoms with Gasteiger partial charge in [0.25, 0.3) is 0 Å². The Labute approximate surface area is 205 Å². The van der Waals surface area contributed by atoms with E-state index < -0.39 is 17.6 Å². The largest absolute Gasteiger partial charge is 0.500 e. The van der Waals surface area contributed by atoms with Crippen molar-refractivity contribution in [1.29, 1.82) is 0 Å². The summed E-state index contributed by atoms with van der Waals surface area (Å²) in [4.78, 5) is 0. The molecule has 2 unspecified atom stereocenters. The zero-order valence-electron chi connectivity index (χ0n) is 18.3. The molecule has 0 aromatic rings. The maximum absolute atomic E-state index is 5.47. The third-order valence-electron chi connectivity index (χ3n) is 4.10. The summed E-state index contributed by atoms with van der Waals surface area (Å²) in [6.07, 6.45) is 2.02. The van der Waals surface area contributed by atoms with Crippen molar-refractivity contribution < 1.29 is 26.6 Å². The molecule has 15 heteroatoms. The minimum atomic E-state index is -2.45. The summed E-state index contributed by atoms with van der Waals surface area (Å²) in [5.74, 6) is 0. The van der Waals surface area contributed by atoms with Gasteiger partial charge >= 0.3 is 17.6 Å². The molecule has 0 radical (unpaired) electrons. The summed E-state index contributed by atoms with van der Waals surface area (Å²) >= 11 is 0. The second kappa shape index (κ2) is 19.0. The van der Waals surface area contributed by atoms with Crippen molar-refractivity contribution in [3.63, 3.8) is 0 Å². The highest BCUT2D eigenvalue weighted by Gasteiger charge is 2.38. The van der Waals surface area contributed by atoms with Gasteiger partial charge in [0, 0.05) is 65.2 Å². The van der Waals surface area contributed by atoms with E-state index in [0.29, 0.717) is 10.5 Å². The maximum Gasteiger partial charge on any atom is 0.500 e. The average Bonchev–Trinajstić information content (AvgIpc) is 2.75. The van der Waals surface area contributed by atoms with Gasteiger partial charge in [-0.25, -0.2) is 0 Å². The molecule has 6 nitrogen and oxygen atoms in total. The first kappa shape index (κ1) is 31.6. The predicted octanol–water partition coefficient (Wildman–Crippen LogP) is 6.92. The first-order chi connectivity index (χ1) is 13.9. The van der Waals surface area contributed by atoms with Gasteiger partial charge in [0.15, 0.2) is 0 Å². The van der Waals surface area contributed by atoms with Crippen LogP contribution in [0.1, 0.15) is 26.7 Å². The Kier molecular flexibility index (Phi) is 20.7. The molecule has 0 saturated heterocycles. The zero-order chi connectivity index (χ0) is 22.2. The van der Waals surface area contributed by atoms with E-state index in [1.165, 1.54) is 0 Å². The van der Waals surface area contributed by atoms with E-state index in [4.69, 9.17) is 26.6 Å². The number of hydrogen-bond acceptors (Lipinski definition) is 13. The molecule has 0 N–H and O–H groups in total. The lowest BCUT2D eigenvalue weighted by atomic mass is 10.4. The summed E-state index contributed by atoms with van der Waals surface area (Å²) < 4.78 is 32.8. The Balaban J connectivity index is 3.77. The first-order valence-corrected chi connectivity index (χ1v) is 21.6. The molecule has 0 aromatic carbocycles. The highest BCUT2D eigenvalue weighted by Crippen LogP contribution is 2.56. The van der Waals surface area contributed by atoms with E-state index in [0.717, 1.165) is 24.9 Å². The van der Waals surface area contributed by atoms with Gasteiger partial charge in [0.05, 0.1) is 0 Å². The smallest absolute Gasteiger partial charge is 0.377 e. The first-order valence-electron chi connectivity index (χ1n) is 8.82. The van der Waals surface area contributed by atoms with Crippen LogP contribution in [0.3, 0.4) is 0 Å². The van der Waals surface area contributed by atoms with Gasteiger partial charge in [-0.1, -0.05) is 35.4 Å². The fourth-order valence-corrected chi connectivity index (χ4v) is 21.7.